The summed E-state index contributed by atoms with van der Waals surface area (Å²) in [5.74, 6) is 0.972. The Balaban J connectivity index is 1.32. The Morgan fingerprint density at radius 2 is 0.979 bits per heavy atom. The van der Waals surface area contributed by atoms with Crippen LogP contribution in [0.15, 0.2) is 152 Å². The molecule has 0 fully saturated rings. The summed E-state index contributed by atoms with van der Waals surface area (Å²) in [5.41, 5.74) is 15.8. The fraction of sp³-hybridized carbons (Fsp3) is 0. The van der Waals surface area contributed by atoms with Gasteiger partial charge in [-0.25, -0.2) is 4.98 Å². The third-order valence-electron chi connectivity index (χ3n) is 10.8. The van der Waals surface area contributed by atoms with Gasteiger partial charge < -0.3 is 9.13 Å². The van der Waals surface area contributed by atoms with Crippen LogP contribution in [-0.2, 0) is 0 Å². The topological polar surface area (TPSA) is 27.7 Å². The Labute approximate surface area is 275 Å². The molecule has 4 nitrogen and oxygen atoms in total. The first-order valence-corrected chi connectivity index (χ1v) is 16.6. The molecule has 0 unspecified atom stereocenters. The van der Waals surface area contributed by atoms with E-state index in [9.17, 15) is 0 Å². The van der Waals surface area contributed by atoms with Gasteiger partial charge in [-0.05, 0) is 52.8 Å². The molecular weight excluding hydrogens is 583 g/mol. The minimum absolute atomic E-state index is 0.0826. The molecular formula is C43H25BN4. The second kappa shape index (κ2) is 8.72. The Kier molecular flexibility index (Phi) is 4.52. The number of rotatable bonds is 2. The summed E-state index contributed by atoms with van der Waals surface area (Å²) < 4.78 is 7.44. The van der Waals surface area contributed by atoms with E-state index in [-0.39, 0.29) is 6.71 Å². The van der Waals surface area contributed by atoms with E-state index in [0.29, 0.717) is 0 Å². The quantitative estimate of drug-likeness (QED) is 0.183. The van der Waals surface area contributed by atoms with Crippen LogP contribution in [0.1, 0.15) is 0 Å². The highest BCUT2D eigenvalue weighted by Gasteiger charge is 2.41. The molecule has 0 saturated heterocycles. The van der Waals surface area contributed by atoms with E-state index in [1.165, 1.54) is 76.9 Å². The Bertz CT molecular complexity index is 2960. The largest absolute Gasteiger partial charge is 0.310 e. The maximum Gasteiger partial charge on any atom is 0.252 e. The van der Waals surface area contributed by atoms with E-state index in [0.717, 1.165) is 22.6 Å². The van der Waals surface area contributed by atoms with Crippen molar-refractivity contribution in [1.82, 2.24) is 18.7 Å². The number of hydrogen-bond donors (Lipinski definition) is 0. The fourth-order valence-electron chi connectivity index (χ4n) is 9.01. The number of nitrogens with zero attached hydrogens (tertiary/aromatic N) is 4. The van der Waals surface area contributed by atoms with Gasteiger partial charge in [0.05, 0.1) is 33.3 Å². The Hall–Kier alpha value is -6.33. The average molecular weight is 609 g/mol. The van der Waals surface area contributed by atoms with Crippen molar-refractivity contribution >= 4 is 77.7 Å². The van der Waals surface area contributed by atoms with Crippen LogP contribution in [0.3, 0.4) is 0 Å². The number of benzene rings is 7. The van der Waals surface area contributed by atoms with Crippen LogP contribution in [0, 0.1) is 0 Å². The molecule has 2 aliphatic heterocycles. The molecule has 7 aromatic carbocycles. The molecule has 0 aliphatic carbocycles. The minimum atomic E-state index is 0.0826. The highest BCUT2D eigenvalue weighted by atomic mass is 15.1. The van der Waals surface area contributed by atoms with Gasteiger partial charge in [-0.3, -0.25) is 4.57 Å². The number of hydrogen-bond acceptors (Lipinski definition) is 1. The van der Waals surface area contributed by atoms with Gasteiger partial charge in [-0.1, -0.05) is 115 Å². The molecule has 0 saturated carbocycles. The maximum atomic E-state index is 5.35. The highest BCUT2D eigenvalue weighted by Crippen LogP contribution is 2.40. The van der Waals surface area contributed by atoms with E-state index in [1.807, 2.05) is 0 Å². The third kappa shape index (κ3) is 2.92. The van der Waals surface area contributed by atoms with Crippen LogP contribution in [0.25, 0.3) is 83.1 Å². The van der Waals surface area contributed by atoms with Gasteiger partial charge in [-0.2, -0.15) is 0 Å². The normalized spacial score (nSPS) is 13.0. The van der Waals surface area contributed by atoms with Crippen molar-refractivity contribution < 1.29 is 0 Å². The van der Waals surface area contributed by atoms with Crippen molar-refractivity contribution in [1.29, 1.82) is 0 Å². The average Bonchev–Trinajstić information content (AvgIpc) is 3.81. The summed E-state index contributed by atoms with van der Waals surface area (Å²) >= 11 is 0. The van der Waals surface area contributed by atoms with E-state index >= 15 is 0 Å². The first-order valence-electron chi connectivity index (χ1n) is 16.6. The number of para-hydroxylation sites is 5. The third-order valence-corrected chi connectivity index (χ3v) is 10.8. The van der Waals surface area contributed by atoms with Gasteiger partial charge in [0.25, 0.3) is 6.71 Å². The zero-order valence-corrected chi connectivity index (χ0v) is 25.8. The summed E-state index contributed by atoms with van der Waals surface area (Å²) in [5, 5.41) is 5.11. The molecule has 220 valence electrons. The number of aromatic nitrogens is 4. The molecule has 5 heteroatoms. The number of imidazole rings is 1. The van der Waals surface area contributed by atoms with Crippen molar-refractivity contribution in [3.05, 3.63) is 152 Å². The van der Waals surface area contributed by atoms with Crippen molar-refractivity contribution in [3.63, 3.8) is 0 Å². The summed E-state index contributed by atoms with van der Waals surface area (Å²) in [4.78, 5) is 5.35. The van der Waals surface area contributed by atoms with Crippen molar-refractivity contribution in [2.75, 3.05) is 0 Å². The van der Waals surface area contributed by atoms with Gasteiger partial charge in [0, 0.05) is 44.0 Å². The van der Waals surface area contributed by atoms with Gasteiger partial charge in [0.1, 0.15) is 5.82 Å². The monoisotopic (exact) mass is 608 g/mol. The van der Waals surface area contributed by atoms with Crippen LogP contribution < -0.4 is 16.4 Å². The zero-order chi connectivity index (χ0) is 31.1. The van der Waals surface area contributed by atoms with E-state index in [1.54, 1.807) is 0 Å². The fourth-order valence-corrected chi connectivity index (χ4v) is 9.01. The molecule has 2 aliphatic rings. The maximum absolute atomic E-state index is 5.35. The van der Waals surface area contributed by atoms with E-state index in [4.69, 9.17) is 4.98 Å². The lowest BCUT2D eigenvalue weighted by molar-refractivity contribution is 1.07. The minimum Gasteiger partial charge on any atom is -0.310 e. The van der Waals surface area contributed by atoms with Gasteiger partial charge in [-0.15, -0.1) is 0 Å². The molecule has 0 bridgehead atoms. The van der Waals surface area contributed by atoms with Crippen LogP contribution >= 0.6 is 0 Å². The second-order valence-corrected chi connectivity index (χ2v) is 13.1. The van der Waals surface area contributed by atoms with E-state index in [2.05, 4.69) is 165 Å². The standard InChI is InChI=1S/C43H25BN4/c1-2-12-26(13-3-1)43-45-34-20-11-19-33-42(34)48(43)39-25-27(46-35-21-7-4-14-28(35)29-15-5-8-22-36(29)46)24-38-40(39)44(33)32-18-10-17-31-30-16-6-9-23-37(30)47(38)41(31)32/h1-25H. The lowest BCUT2D eigenvalue weighted by Gasteiger charge is -2.34. The summed E-state index contributed by atoms with van der Waals surface area (Å²) in [6, 6.07) is 55.5. The number of fused-ring (bicyclic) bond motifs is 10. The van der Waals surface area contributed by atoms with Crippen LogP contribution in [0.4, 0.5) is 0 Å². The lowest BCUT2D eigenvalue weighted by atomic mass is 9.34. The first-order chi connectivity index (χ1) is 23.8. The van der Waals surface area contributed by atoms with Crippen LogP contribution in [0.2, 0.25) is 0 Å². The van der Waals surface area contributed by atoms with Gasteiger partial charge in [0.2, 0.25) is 0 Å². The highest BCUT2D eigenvalue weighted by molar-refractivity contribution is 7.00. The summed E-state index contributed by atoms with van der Waals surface area (Å²) in [7, 11) is 0. The smallest absolute Gasteiger partial charge is 0.252 e. The molecule has 48 heavy (non-hydrogen) atoms. The SMILES string of the molecule is c1ccc(-c2nc3cccc4c3n2-c2cc(-n3c5ccccc5c5ccccc53)cc3c2B4c2cccc4c5ccccc5n-3c24)cc1. The zero-order valence-electron chi connectivity index (χ0n) is 25.8. The molecule has 0 N–H and O–H groups in total. The molecule has 0 amide bonds. The first kappa shape index (κ1) is 24.8. The molecule has 12 rings (SSSR count). The van der Waals surface area contributed by atoms with Gasteiger partial charge >= 0.3 is 0 Å². The van der Waals surface area contributed by atoms with Crippen LogP contribution in [-0.4, -0.2) is 25.4 Å². The lowest BCUT2D eigenvalue weighted by Crippen LogP contribution is -2.59. The molecule has 3 aromatic heterocycles. The Morgan fingerprint density at radius 3 is 1.69 bits per heavy atom. The van der Waals surface area contributed by atoms with Crippen molar-refractivity contribution in [2.45, 2.75) is 0 Å². The van der Waals surface area contributed by atoms with Crippen molar-refractivity contribution in [3.8, 4) is 28.5 Å². The van der Waals surface area contributed by atoms with Gasteiger partial charge in [0.15, 0.2) is 0 Å². The predicted octanol–water partition coefficient (Wildman–Crippen LogP) is 8.03. The predicted molar refractivity (Wildman–Crippen MR) is 200 cm³/mol. The summed E-state index contributed by atoms with van der Waals surface area (Å²) in [6.07, 6.45) is 0. The van der Waals surface area contributed by atoms with Crippen molar-refractivity contribution in [2.24, 2.45) is 0 Å². The second-order valence-electron chi connectivity index (χ2n) is 13.1. The van der Waals surface area contributed by atoms with Crippen LogP contribution in [0.5, 0.6) is 0 Å². The molecule has 0 atom stereocenters. The Morgan fingerprint density at radius 1 is 0.438 bits per heavy atom. The molecule has 0 radical (unpaired) electrons. The van der Waals surface area contributed by atoms with E-state index < -0.39 is 0 Å². The molecule has 0 spiro atoms. The molecule has 10 aromatic rings. The molecule has 5 heterocycles. The summed E-state index contributed by atoms with van der Waals surface area (Å²) in [6.45, 7) is 0.0826.